The standard InChI is InChI=1S/C21H23FN2O4/c1-27-18-8-5-16(19(14-18)28-2)13-20(25)23-9-11-24(12-10-23)21(26)15-3-6-17(22)7-4-15/h3-8,14H,9-13H2,1-2H3. The van der Waals surface area contributed by atoms with Gasteiger partial charge >= 0.3 is 0 Å². The lowest BCUT2D eigenvalue weighted by Gasteiger charge is -2.35. The summed E-state index contributed by atoms with van der Waals surface area (Å²) >= 11 is 0. The van der Waals surface area contributed by atoms with E-state index in [1.807, 2.05) is 6.07 Å². The van der Waals surface area contributed by atoms with Gasteiger partial charge in [0.2, 0.25) is 5.91 Å². The summed E-state index contributed by atoms with van der Waals surface area (Å²) in [5.74, 6) is 0.737. The zero-order valence-electron chi connectivity index (χ0n) is 16.0. The molecule has 2 aromatic carbocycles. The Morgan fingerprint density at radius 1 is 0.929 bits per heavy atom. The maximum absolute atomic E-state index is 13.0. The van der Waals surface area contributed by atoms with Crippen LogP contribution >= 0.6 is 0 Å². The van der Waals surface area contributed by atoms with Gasteiger partial charge in [0.05, 0.1) is 20.6 Å². The maximum atomic E-state index is 13.0. The number of benzene rings is 2. The molecule has 2 aromatic rings. The summed E-state index contributed by atoms with van der Waals surface area (Å²) in [6.45, 7) is 1.82. The molecule has 0 saturated carbocycles. The van der Waals surface area contributed by atoms with Gasteiger partial charge in [-0.25, -0.2) is 4.39 Å². The van der Waals surface area contributed by atoms with Crippen LogP contribution in [0.25, 0.3) is 0 Å². The first kappa shape index (κ1) is 19.7. The molecular weight excluding hydrogens is 363 g/mol. The highest BCUT2D eigenvalue weighted by Gasteiger charge is 2.25. The number of nitrogens with zero attached hydrogens (tertiary/aromatic N) is 2. The Bertz CT molecular complexity index is 846. The molecule has 6 nitrogen and oxygen atoms in total. The number of rotatable bonds is 5. The van der Waals surface area contributed by atoms with Gasteiger partial charge in [-0.05, 0) is 30.3 Å². The zero-order valence-corrected chi connectivity index (χ0v) is 16.0. The molecule has 1 aliphatic rings. The molecule has 0 unspecified atom stereocenters. The van der Waals surface area contributed by atoms with Crippen LogP contribution in [0, 0.1) is 5.82 Å². The summed E-state index contributed by atoms with van der Waals surface area (Å²) in [5, 5.41) is 0. The van der Waals surface area contributed by atoms with Crippen LogP contribution in [0.15, 0.2) is 42.5 Å². The molecule has 1 heterocycles. The molecule has 0 radical (unpaired) electrons. The molecule has 0 N–H and O–H groups in total. The van der Waals surface area contributed by atoms with E-state index in [1.54, 1.807) is 36.2 Å². The first-order chi connectivity index (χ1) is 13.5. The van der Waals surface area contributed by atoms with Crippen molar-refractivity contribution in [3.05, 3.63) is 59.4 Å². The van der Waals surface area contributed by atoms with Crippen LogP contribution in [0.5, 0.6) is 11.5 Å². The topological polar surface area (TPSA) is 59.1 Å². The van der Waals surface area contributed by atoms with Gasteiger partial charge in [-0.15, -0.1) is 0 Å². The number of piperazine rings is 1. The molecule has 1 aliphatic heterocycles. The Morgan fingerprint density at radius 3 is 2.18 bits per heavy atom. The van der Waals surface area contributed by atoms with Crippen LogP contribution in [0.1, 0.15) is 15.9 Å². The quantitative estimate of drug-likeness (QED) is 0.792. The Morgan fingerprint density at radius 2 is 1.57 bits per heavy atom. The third kappa shape index (κ3) is 4.42. The largest absolute Gasteiger partial charge is 0.497 e. The SMILES string of the molecule is COc1ccc(CC(=O)N2CCN(C(=O)c3ccc(F)cc3)CC2)c(OC)c1. The highest BCUT2D eigenvalue weighted by Crippen LogP contribution is 2.25. The Kier molecular flexibility index (Phi) is 6.13. The molecule has 1 saturated heterocycles. The van der Waals surface area contributed by atoms with Gasteiger partial charge in [0.25, 0.3) is 5.91 Å². The highest BCUT2D eigenvalue weighted by molar-refractivity contribution is 5.94. The fourth-order valence-electron chi connectivity index (χ4n) is 3.21. The van der Waals surface area contributed by atoms with Crippen molar-refractivity contribution in [2.75, 3.05) is 40.4 Å². The van der Waals surface area contributed by atoms with Crippen molar-refractivity contribution in [1.29, 1.82) is 0 Å². The number of carbonyl (C=O) groups excluding carboxylic acids is 2. The van der Waals surface area contributed by atoms with Crippen molar-refractivity contribution in [1.82, 2.24) is 9.80 Å². The van der Waals surface area contributed by atoms with Crippen molar-refractivity contribution in [3.8, 4) is 11.5 Å². The van der Waals surface area contributed by atoms with E-state index in [2.05, 4.69) is 0 Å². The molecular formula is C21H23FN2O4. The van der Waals surface area contributed by atoms with Crippen molar-refractivity contribution in [3.63, 3.8) is 0 Å². The number of ether oxygens (including phenoxy) is 2. The van der Waals surface area contributed by atoms with E-state index in [-0.39, 0.29) is 24.1 Å². The lowest BCUT2D eigenvalue weighted by Crippen LogP contribution is -2.51. The minimum atomic E-state index is -0.374. The Labute approximate surface area is 163 Å². The third-order valence-electron chi connectivity index (χ3n) is 4.85. The number of methoxy groups -OCH3 is 2. The van der Waals surface area contributed by atoms with Gasteiger partial charge in [0.15, 0.2) is 0 Å². The van der Waals surface area contributed by atoms with Crippen molar-refractivity contribution in [2.45, 2.75) is 6.42 Å². The first-order valence-corrected chi connectivity index (χ1v) is 9.05. The van der Waals surface area contributed by atoms with E-state index in [1.165, 1.54) is 24.3 Å². The van der Waals surface area contributed by atoms with Crippen LogP contribution in [0.4, 0.5) is 4.39 Å². The fraction of sp³-hybridized carbons (Fsp3) is 0.333. The minimum Gasteiger partial charge on any atom is -0.497 e. The fourth-order valence-corrected chi connectivity index (χ4v) is 3.21. The van der Waals surface area contributed by atoms with Gasteiger partial charge in [0, 0.05) is 43.4 Å². The second-order valence-electron chi connectivity index (χ2n) is 6.53. The summed E-state index contributed by atoms with van der Waals surface area (Å²) in [5.41, 5.74) is 1.24. The van der Waals surface area contributed by atoms with E-state index in [4.69, 9.17) is 9.47 Å². The number of hydrogen-bond acceptors (Lipinski definition) is 4. The maximum Gasteiger partial charge on any atom is 0.253 e. The monoisotopic (exact) mass is 386 g/mol. The van der Waals surface area contributed by atoms with Gasteiger partial charge in [-0.3, -0.25) is 9.59 Å². The molecule has 0 aliphatic carbocycles. The smallest absolute Gasteiger partial charge is 0.253 e. The normalized spacial score (nSPS) is 14.0. The number of halogens is 1. The predicted molar refractivity (Wildman–Crippen MR) is 102 cm³/mol. The molecule has 2 amide bonds. The van der Waals surface area contributed by atoms with Gasteiger partial charge in [-0.2, -0.15) is 0 Å². The average Bonchev–Trinajstić information content (AvgIpc) is 2.74. The minimum absolute atomic E-state index is 0.0163. The molecule has 0 aromatic heterocycles. The van der Waals surface area contributed by atoms with E-state index in [9.17, 15) is 14.0 Å². The first-order valence-electron chi connectivity index (χ1n) is 9.05. The van der Waals surface area contributed by atoms with Crippen LogP contribution < -0.4 is 9.47 Å². The summed E-state index contributed by atoms with van der Waals surface area (Å²) in [7, 11) is 3.13. The Balaban J connectivity index is 1.58. The molecule has 0 spiro atoms. The molecule has 7 heteroatoms. The van der Waals surface area contributed by atoms with Gasteiger partial charge < -0.3 is 19.3 Å². The third-order valence-corrected chi connectivity index (χ3v) is 4.85. The molecule has 148 valence electrons. The zero-order chi connectivity index (χ0) is 20.1. The van der Waals surface area contributed by atoms with Gasteiger partial charge in [0.1, 0.15) is 17.3 Å². The van der Waals surface area contributed by atoms with Crippen molar-refractivity contribution >= 4 is 11.8 Å². The highest BCUT2D eigenvalue weighted by atomic mass is 19.1. The van der Waals surface area contributed by atoms with Crippen LogP contribution in [-0.2, 0) is 11.2 Å². The van der Waals surface area contributed by atoms with Crippen molar-refractivity contribution in [2.24, 2.45) is 0 Å². The second kappa shape index (κ2) is 8.73. The Hall–Kier alpha value is -3.09. The average molecular weight is 386 g/mol. The van der Waals surface area contributed by atoms with Crippen molar-refractivity contribution < 1.29 is 23.5 Å². The summed E-state index contributed by atoms with van der Waals surface area (Å²) in [4.78, 5) is 28.6. The summed E-state index contributed by atoms with van der Waals surface area (Å²) in [6.07, 6.45) is 0.221. The summed E-state index contributed by atoms with van der Waals surface area (Å²) < 4.78 is 23.6. The van der Waals surface area contributed by atoms with Crippen LogP contribution in [0.3, 0.4) is 0 Å². The van der Waals surface area contributed by atoms with Crippen LogP contribution in [0.2, 0.25) is 0 Å². The van der Waals surface area contributed by atoms with E-state index in [0.29, 0.717) is 43.2 Å². The molecule has 0 bridgehead atoms. The van der Waals surface area contributed by atoms with Crippen LogP contribution in [-0.4, -0.2) is 62.0 Å². The molecule has 3 rings (SSSR count). The predicted octanol–water partition coefficient (Wildman–Crippen LogP) is 2.37. The van der Waals surface area contributed by atoms with E-state index in [0.717, 1.165) is 5.56 Å². The molecule has 28 heavy (non-hydrogen) atoms. The number of amides is 2. The second-order valence-corrected chi connectivity index (χ2v) is 6.53. The number of hydrogen-bond donors (Lipinski definition) is 0. The lowest BCUT2D eigenvalue weighted by molar-refractivity contribution is -0.131. The van der Waals surface area contributed by atoms with E-state index < -0.39 is 0 Å². The summed E-state index contributed by atoms with van der Waals surface area (Å²) in [6, 6.07) is 10.9. The lowest BCUT2D eigenvalue weighted by atomic mass is 10.1. The molecule has 0 atom stereocenters. The molecule has 1 fully saturated rings. The van der Waals surface area contributed by atoms with E-state index >= 15 is 0 Å². The number of carbonyl (C=O) groups is 2. The van der Waals surface area contributed by atoms with Gasteiger partial charge in [-0.1, -0.05) is 6.07 Å².